The Bertz CT molecular complexity index is 733. The molecule has 0 unspecified atom stereocenters. The summed E-state index contributed by atoms with van der Waals surface area (Å²) in [6.45, 7) is 1.93. The van der Waals surface area contributed by atoms with Gasteiger partial charge in [-0.2, -0.15) is 0 Å². The Balaban J connectivity index is 2.08. The monoisotopic (exact) mass is 269 g/mol. The third-order valence-corrected chi connectivity index (χ3v) is 4.23. The second-order valence-corrected chi connectivity index (χ2v) is 5.43. The fraction of sp³-hybridized carbons (Fsp3) is 0.133. The van der Waals surface area contributed by atoms with Crippen molar-refractivity contribution >= 4 is 38.6 Å². The first-order valence-corrected chi connectivity index (χ1v) is 6.98. The molecule has 19 heavy (non-hydrogen) atoms. The molecule has 0 spiro atoms. The van der Waals surface area contributed by atoms with Crippen molar-refractivity contribution in [3.05, 3.63) is 47.5 Å². The lowest BCUT2D eigenvalue weighted by atomic mass is 10.2. The van der Waals surface area contributed by atoms with Crippen LogP contribution in [0.4, 0.5) is 17.2 Å². The molecule has 0 aliphatic carbocycles. The van der Waals surface area contributed by atoms with Gasteiger partial charge in [-0.05, 0) is 25.1 Å². The second kappa shape index (κ2) is 4.55. The van der Waals surface area contributed by atoms with E-state index >= 15 is 0 Å². The van der Waals surface area contributed by atoms with Gasteiger partial charge in [0.25, 0.3) is 0 Å². The van der Waals surface area contributed by atoms with Crippen molar-refractivity contribution in [3.8, 4) is 0 Å². The Hall–Kier alpha value is -2.07. The molecule has 3 nitrogen and oxygen atoms in total. The maximum absolute atomic E-state index is 5.82. The predicted octanol–water partition coefficient (Wildman–Crippen LogP) is 3.95. The first kappa shape index (κ1) is 12.0. The van der Waals surface area contributed by atoms with E-state index in [1.807, 2.05) is 26.1 Å². The minimum atomic E-state index is 0.729. The van der Waals surface area contributed by atoms with Crippen LogP contribution in [0, 0.1) is 6.92 Å². The smallest absolute Gasteiger partial charge is 0.133 e. The number of aryl methyl sites for hydroxylation is 1. The highest BCUT2D eigenvalue weighted by Crippen LogP contribution is 2.35. The van der Waals surface area contributed by atoms with Gasteiger partial charge in [0.1, 0.15) is 5.82 Å². The number of anilines is 3. The third kappa shape index (κ3) is 2.04. The van der Waals surface area contributed by atoms with Gasteiger partial charge in [0.05, 0.1) is 17.1 Å². The van der Waals surface area contributed by atoms with E-state index in [0.29, 0.717) is 0 Å². The van der Waals surface area contributed by atoms with Crippen LogP contribution in [0.3, 0.4) is 0 Å². The maximum Gasteiger partial charge on any atom is 0.133 e. The summed E-state index contributed by atoms with van der Waals surface area (Å²) in [7, 11) is 2.03. The number of thiophene rings is 1. The van der Waals surface area contributed by atoms with E-state index in [4.69, 9.17) is 5.73 Å². The van der Waals surface area contributed by atoms with Gasteiger partial charge >= 0.3 is 0 Å². The molecular formula is C15H15N3S. The first-order valence-electron chi connectivity index (χ1n) is 6.10. The summed E-state index contributed by atoms with van der Waals surface area (Å²) in [5.41, 5.74) is 8.59. The van der Waals surface area contributed by atoms with Crippen molar-refractivity contribution in [2.24, 2.45) is 0 Å². The topological polar surface area (TPSA) is 42.2 Å². The summed E-state index contributed by atoms with van der Waals surface area (Å²) < 4.78 is 1.29. The Kier molecular flexibility index (Phi) is 2.87. The van der Waals surface area contributed by atoms with Crippen LogP contribution in [0.5, 0.6) is 0 Å². The summed E-state index contributed by atoms with van der Waals surface area (Å²) in [5.74, 6) is 0.912. The number of benzene rings is 1. The number of nitrogens with zero attached hydrogens (tertiary/aromatic N) is 2. The van der Waals surface area contributed by atoms with E-state index in [9.17, 15) is 0 Å². The standard InChI is InChI=1S/C15H15N3S/c1-10-12(16)7-8-15(17-10)18(2)13-9-19-14-6-4-3-5-11(13)14/h3-9H,16H2,1-2H3. The molecule has 0 aliphatic rings. The molecule has 0 saturated heterocycles. The number of pyridine rings is 1. The fourth-order valence-corrected chi connectivity index (χ4v) is 3.07. The van der Waals surface area contributed by atoms with Gasteiger partial charge in [-0.3, -0.25) is 0 Å². The fourth-order valence-electron chi connectivity index (χ4n) is 2.09. The maximum atomic E-state index is 5.82. The Labute approximate surface area is 116 Å². The number of nitrogens with two attached hydrogens (primary N) is 1. The van der Waals surface area contributed by atoms with Crippen LogP contribution in [0.15, 0.2) is 41.8 Å². The zero-order valence-corrected chi connectivity index (χ0v) is 11.7. The molecule has 0 saturated carbocycles. The summed E-state index contributed by atoms with van der Waals surface area (Å²) in [5, 5.41) is 3.42. The van der Waals surface area contributed by atoms with Crippen LogP contribution >= 0.6 is 11.3 Å². The quantitative estimate of drug-likeness (QED) is 0.765. The van der Waals surface area contributed by atoms with Crippen molar-refractivity contribution in [1.29, 1.82) is 0 Å². The molecule has 0 radical (unpaired) electrons. The molecule has 2 aromatic heterocycles. The summed E-state index contributed by atoms with van der Waals surface area (Å²) in [6.07, 6.45) is 0. The van der Waals surface area contributed by atoms with Crippen LogP contribution in [-0.4, -0.2) is 12.0 Å². The van der Waals surface area contributed by atoms with E-state index < -0.39 is 0 Å². The summed E-state index contributed by atoms with van der Waals surface area (Å²) in [4.78, 5) is 6.64. The van der Waals surface area contributed by atoms with Crippen LogP contribution in [0.1, 0.15) is 5.69 Å². The zero-order valence-electron chi connectivity index (χ0n) is 10.9. The van der Waals surface area contributed by atoms with E-state index in [0.717, 1.165) is 17.2 Å². The van der Waals surface area contributed by atoms with Crippen LogP contribution in [-0.2, 0) is 0 Å². The zero-order chi connectivity index (χ0) is 13.4. The minimum Gasteiger partial charge on any atom is -0.397 e. The lowest BCUT2D eigenvalue weighted by Crippen LogP contribution is -2.11. The molecule has 1 aromatic carbocycles. The van der Waals surface area contributed by atoms with E-state index in [2.05, 4.69) is 39.5 Å². The van der Waals surface area contributed by atoms with Crippen molar-refractivity contribution in [1.82, 2.24) is 4.98 Å². The number of rotatable bonds is 2. The highest BCUT2D eigenvalue weighted by molar-refractivity contribution is 7.17. The van der Waals surface area contributed by atoms with Crippen LogP contribution in [0.2, 0.25) is 0 Å². The number of hydrogen-bond donors (Lipinski definition) is 1. The molecule has 2 N–H and O–H groups in total. The Morgan fingerprint density at radius 1 is 1.16 bits per heavy atom. The van der Waals surface area contributed by atoms with Gasteiger partial charge in [0, 0.05) is 22.5 Å². The Morgan fingerprint density at radius 3 is 2.74 bits per heavy atom. The highest BCUT2D eigenvalue weighted by atomic mass is 32.1. The molecule has 3 aromatic rings. The number of aromatic nitrogens is 1. The molecular weight excluding hydrogens is 254 g/mol. The predicted molar refractivity (Wildman–Crippen MR) is 83.3 cm³/mol. The molecule has 0 bridgehead atoms. The van der Waals surface area contributed by atoms with Gasteiger partial charge < -0.3 is 10.6 Å². The molecule has 96 valence electrons. The average molecular weight is 269 g/mol. The van der Waals surface area contributed by atoms with Crippen molar-refractivity contribution in [3.63, 3.8) is 0 Å². The molecule has 0 fully saturated rings. The molecule has 4 heteroatoms. The first-order chi connectivity index (χ1) is 9.16. The van der Waals surface area contributed by atoms with Gasteiger partial charge in [0.15, 0.2) is 0 Å². The van der Waals surface area contributed by atoms with Crippen molar-refractivity contribution < 1.29 is 0 Å². The lowest BCUT2D eigenvalue weighted by Gasteiger charge is -2.18. The van der Waals surface area contributed by atoms with Crippen molar-refractivity contribution in [2.45, 2.75) is 6.92 Å². The van der Waals surface area contributed by atoms with E-state index in [1.54, 1.807) is 11.3 Å². The largest absolute Gasteiger partial charge is 0.397 e. The molecule has 3 rings (SSSR count). The number of fused-ring (bicyclic) bond motifs is 1. The normalized spacial score (nSPS) is 10.8. The SMILES string of the molecule is Cc1nc(N(C)c2csc3ccccc23)ccc1N. The van der Waals surface area contributed by atoms with Crippen molar-refractivity contribution in [2.75, 3.05) is 17.7 Å². The average Bonchev–Trinajstić information content (AvgIpc) is 2.85. The molecule has 2 heterocycles. The highest BCUT2D eigenvalue weighted by Gasteiger charge is 2.11. The van der Waals surface area contributed by atoms with Gasteiger partial charge in [0.2, 0.25) is 0 Å². The lowest BCUT2D eigenvalue weighted by molar-refractivity contribution is 1.10. The van der Waals surface area contributed by atoms with Gasteiger partial charge in [-0.25, -0.2) is 4.98 Å². The second-order valence-electron chi connectivity index (χ2n) is 4.52. The number of nitrogen functional groups attached to an aromatic ring is 1. The van der Waals surface area contributed by atoms with Gasteiger partial charge in [-0.1, -0.05) is 18.2 Å². The van der Waals surface area contributed by atoms with E-state index in [1.165, 1.54) is 15.8 Å². The molecule has 0 amide bonds. The van der Waals surface area contributed by atoms with Gasteiger partial charge in [-0.15, -0.1) is 11.3 Å². The third-order valence-electron chi connectivity index (χ3n) is 3.28. The summed E-state index contributed by atoms with van der Waals surface area (Å²) >= 11 is 1.75. The Morgan fingerprint density at radius 2 is 1.95 bits per heavy atom. The summed E-state index contributed by atoms with van der Waals surface area (Å²) in [6, 6.07) is 12.3. The number of hydrogen-bond acceptors (Lipinski definition) is 4. The van der Waals surface area contributed by atoms with E-state index in [-0.39, 0.29) is 0 Å². The molecule has 0 aliphatic heterocycles. The minimum absolute atomic E-state index is 0.729. The van der Waals surface area contributed by atoms with Crippen LogP contribution in [0.25, 0.3) is 10.1 Å². The van der Waals surface area contributed by atoms with Crippen LogP contribution < -0.4 is 10.6 Å². The molecule has 0 atom stereocenters.